The van der Waals surface area contributed by atoms with Gasteiger partial charge in [-0.15, -0.1) is 0 Å². The Labute approximate surface area is 51.0 Å². The normalized spacial score (nSPS) is 47.6. The van der Waals surface area contributed by atoms with E-state index in [2.05, 4.69) is 20.8 Å². The average Bonchev–Trinajstić information content (AvgIpc) is 1.85. The number of hydrogen-bond donors (Lipinski definition) is 0. The topological polar surface area (TPSA) is 9.23 Å². The Morgan fingerprint density at radius 3 is 2.00 bits per heavy atom. The van der Waals surface area contributed by atoms with Crippen molar-refractivity contribution >= 4 is 0 Å². The minimum Gasteiger partial charge on any atom is -0.375 e. The molecule has 3 atom stereocenters. The van der Waals surface area contributed by atoms with Crippen LogP contribution in [0, 0.1) is 5.92 Å². The van der Waals surface area contributed by atoms with Gasteiger partial charge in [0.15, 0.2) is 0 Å². The summed E-state index contributed by atoms with van der Waals surface area (Å²) in [5.41, 5.74) is 0. The van der Waals surface area contributed by atoms with E-state index >= 15 is 0 Å². The summed E-state index contributed by atoms with van der Waals surface area (Å²) in [6, 6.07) is 0. The second-order valence-corrected chi connectivity index (χ2v) is 2.86. The van der Waals surface area contributed by atoms with E-state index in [4.69, 9.17) is 4.74 Å². The highest BCUT2D eigenvalue weighted by Gasteiger charge is 2.24. The molecule has 0 amide bonds. The van der Waals surface area contributed by atoms with Gasteiger partial charge in [-0.2, -0.15) is 0 Å². The molecule has 1 heterocycles. The van der Waals surface area contributed by atoms with Gasteiger partial charge in [0.2, 0.25) is 0 Å². The molecule has 0 unspecified atom stereocenters. The fraction of sp³-hybridized carbons (Fsp3) is 1.00. The molecule has 48 valence electrons. The van der Waals surface area contributed by atoms with E-state index in [0.717, 1.165) is 5.92 Å². The van der Waals surface area contributed by atoms with E-state index in [1.165, 1.54) is 6.42 Å². The Morgan fingerprint density at radius 1 is 1.25 bits per heavy atom. The Hall–Kier alpha value is -0.0400. The zero-order chi connectivity index (χ0) is 6.15. The quantitative estimate of drug-likeness (QED) is 0.466. The maximum absolute atomic E-state index is 5.47. The van der Waals surface area contributed by atoms with Crippen LogP contribution in [0.5, 0.6) is 0 Å². The van der Waals surface area contributed by atoms with Gasteiger partial charge in [-0.1, -0.05) is 6.92 Å². The monoisotopic (exact) mass is 114 g/mol. The summed E-state index contributed by atoms with van der Waals surface area (Å²) in [6.45, 7) is 6.53. The van der Waals surface area contributed by atoms with Crippen LogP contribution < -0.4 is 0 Å². The highest BCUT2D eigenvalue weighted by molar-refractivity contribution is 4.72. The molecule has 0 spiro atoms. The molecule has 0 aliphatic carbocycles. The van der Waals surface area contributed by atoms with Crippen LogP contribution in [-0.4, -0.2) is 12.2 Å². The summed E-state index contributed by atoms with van der Waals surface area (Å²) in [5.74, 6) is 0.769. The van der Waals surface area contributed by atoms with Crippen molar-refractivity contribution in [2.24, 2.45) is 5.92 Å². The summed E-state index contributed by atoms with van der Waals surface area (Å²) in [5, 5.41) is 0. The third-order valence-corrected chi connectivity index (χ3v) is 1.95. The second-order valence-electron chi connectivity index (χ2n) is 2.86. The first kappa shape index (κ1) is 6.09. The third-order valence-electron chi connectivity index (χ3n) is 1.95. The zero-order valence-electron chi connectivity index (χ0n) is 5.85. The summed E-state index contributed by atoms with van der Waals surface area (Å²) < 4.78 is 5.47. The Balaban J connectivity index is 2.39. The van der Waals surface area contributed by atoms with Crippen molar-refractivity contribution in [1.29, 1.82) is 0 Å². The van der Waals surface area contributed by atoms with E-state index in [1.54, 1.807) is 0 Å². The van der Waals surface area contributed by atoms with Crippen LogP contribution in [0.3, 0.4) is 0 Å². The van der Waals surface area contributed by atoms with Gasteiger partial charge < -0.3 is 4.74 Å². The molecule has 0 radical (unpaired) electrons. The van der Waals surface area contributed by atoms with E-state index in [0.29, 0.717) is 12.2 Å². The lowest BCUT2D eigenvalue weighted by atomic mass is 10.0. The predicted octanol–water partition coefficient (Wildman–Crippen LogP) is 1.82. The number of rotatable bonds is 0. The van der Waals surface area contributed by atoms with Crippen molar-refractivity contribution in [3.05, 3.63) is 0 Å². The van der Waals surface area contributed by atoms with E-state index in [1.807, 2.05) is 0 Å². The lowest BCUT2D eigenvalue weighted by Crippen LogP contribution is -2.06. The van der Waals surface area contributed by atoms with Crippen molar-refractivity contribution < 1.29 is 4.74 Å². The van der Waals surface area contributed by atoms with Gasteiger partial charge in [-0.05, 0) is 26.2 Å². The number of hydrogen-bond acceptors (Lipinski definition) is 1. The van der Waals surface area contributed by atoms with Gasteiger partial charge in [0.1, 0.15) is 0 Å². The van der Waals surface area contributed by atoms with Crippen LogP contribution in [0.2, 0.25) is 0 Å². The maximum Gasteiger partial charge on any atom is 0.0577 e. The van der Waals surface area contributed by atoms with Crippen molar-refractivity contribution in [2.75, 3.05) is 0 Å². The zero-order valence-corrected chi connectivity index (χ0v) is 5.85. The lowest BCUT2D eigenvalue weighted by Gasteiger charge is -2.05. The number of ether oxygens (including phenoxy) is 1. The Morgan fingerprint density at radius 2 is 1.88 bits per heavy atom. The van der Waals surface area contributed by atoms with Gasteiger partial charge in [-0.3, -0.25) is 0 Å². The first-order valence-electron chi connectivity index (χ1n) is 3.35. The third kappa shape index (κ3) is 1.03. The standard InChI is InChI=1S/C7H14O/c1-5-4-6(2)8-7(5)3/h5-7H,4H2,1-3H3/t5-,6+,7-/m1/s1. The lowest BCUT2D eigenvalue weighted by molar-refractivity contribution is 0.0580. The molecule has 1 fully saturated rings. The van der Waals surface area contributed by atoms with E-state index in [-0.39, 0.29) is 0 Å². The SMILES string of the molecule is C[C@@H]1C[C@H](C)O[C@@H]1C. The fourth-order valence-electron chi connectivity index (χ4n) is 1.27. The van der Waals surface area contributed by atoms with Crippen LogP contribution in [0.25, 0.3) is 0 Å². The first-order chi connectivity index (χ1) is 3.70. The summed E-state index contributed by atoms with van der Waals surface area (Å²) >= 11 is 0. The van der Waals surface area contributed by atoms with Gasteiger partial charge in [0.05, 0.1) is 12.2 Å². The predicted molar refractivity (Wildman–Crippen MR) is 33.8 cm³/mol. The van der Waals surface area contributed by atoms with E-state index in [9.17, 15) is 0 Å². The van der Waals surface area contributed by atoms with Gasteiger partial charge in [-0.25, -0.2) is 0 Å². The average molecular weight is 114 g/mol. The fourth-order valence-corrected chi connectivity index (χ4v) is 1.27. The second kappa shape index (κ2) is 2.06. The molecule has 0 aromatic heterocycles. The summed E-state index contributed by atoms with van der Waals surface area (Å²) in [7, 11) is 0. The minimum atomic E-state index is 0.491. The maximum atomic E-state index is 5.47. The van der Waals surface area contributed by atoms with Crippen LogP contribution in [0.4, 0.5) is 0 Å². The van der Waals surface area contributed by atoms with Crippen molar-refractivity contribution in [3.8, 4) is 0 Å². The smallest absolute Gasteiger partial charge is 0.0577 e. The molecule has 1 heteroatoms. The first-order valence-corrected chi connectivity index (χ1v) is 3.35. The molecule has 0 bridgehead atoms. The van der Waals surface area contributed by atoms with Crippen LogP contribution in [-0.2, 0) is 4.74 Å². The molecule has 0 aromatic rings. The molecule has 0 saturated carbocycles. The van der Waals surface area contributed by atoms with Crippen LogP contribution in [0.1, 0.15) is 27.2 Å². The molecule has 0 N–H and O–H groups in total. The van der Waals surface area contributed by atoms with Crippen molar-refractivity contribution in [2.45, 2.75) is 39.4 Å². The molecule has 0 aromatic carbocycles. The summed E-state index contributed by atoms with van der Waals surface area (Å²) in [6.07, 6.45) is 2.23. The largest absolute Gasteiger partial charge is 0.375 e. The molecular formula is C7H14O. The van der Waals surface area contributed by atoms with Gasteiger partial charge in [0.25, 0.3) is 0 Å². The van der Waals surface area contributed by atoms with Gasteiger partial charge in [0, 0.05) is 0 Å². The molecule has 1 aliphatic heterocycles. The van der Waals surface area contributed by atoms with Crippen molar-refractivity contribution in [1.82, 2.24) is 0 Å². The Bertz CT molecular complexity index is 70.5. The van der Waals surface area contributed by atoms with Gasteiger partial charge >= 0.3 is 0 Å². The highest BCUT2D eigenvalue weighted by atomic mass is 16.5. The molecule has 1 rings (SSSR count). The van der Waals surface area contributed by atoms with Crippen molar-refractivity contribution in [3.63, 3.8) is 0 Å². The molecule has 1 aliphatic rings. The molecule has 8 heavy (non-hydrogen) atoms. The van der Waals surface area contributed by atoms with Crippen LogP contribution in [0.15, 0.2) is 0 Å². The molecular weight excluding hydrogens is 100 g/mol. The molecule has 1 saturated heterocycles. The highest BCUT2D eigenvalue weighted by Crippen LogP contribution is 2.24. The summed E-state index contributed by atoms with van der Waals surface area (Å²) in [4.78, 5) is 0. The minimum absolute atomic E-state index is 0.491. The Kier molecular flexibility index (Phi) is 1.57. The van der Waals surface area contributed by atoms with E-state index < -0.39 is 0 Å². The van der Waals surface area contributed by atoms with Crippen LogP contribution >= 0.6 is 0 Å². The molecule has 1 nitrogen and oxygen atoms in total.